The molecule has 10 heteroatoms. The molecule has 2 heterocycles. The number of carbonyl (C=O) groups excluding carboxylic acids is 2. The van der Waals surface area contributed by atoms with Crippen LogP contribution in [0, 0.1) is 0 Å². The lowest BCUT2D eigenvalue weighted by Crippen LogP contribution is -2.21. The number of aryl methyl sites for hydroxylation is 1. The summed E-state index contributed by atoms with van der Waals surface area (Å²) >= 11 is 1.37. The van der Waals surface area contributed by atoms with E-state index in [1.807, 2.05) is 23.6 Å². The van der Waals surface area contributed by atoms with Crippen LogP contribution in [0.5, 0.6) is 0 Å². The lowest BCUT2D eigenvalue weighted by Gasteiger charge is -2.05. The number of thiazole rings is 1. The van der Waals surface area contributed by atoms with Gasteiger partial charge in [0.05, 0.1) is 11.4 Å². The first kappa shape index (κ1) is 21.3. The van der Waals surface area contributed by atoms with Gasteiger partial charge in [-0.25, -0.2) is 9.67 Å². The summed E-state index contributed by atoms with van der Waals surface area (Å²) in [7, 11) is 0. The predicted molar refractivity (Wildman–Crippen MR) is 122 cm³/mol. The largest absolute Gasteiger partial charge is 0.356 e. The number of rotatable bonds is 8. The van der Waals surface area contributed by atoms with Crippen LogP contribution >= 0.6 is 11.3 Å². The van der Waals surface area contributed by atoms with E-state index in [4.69, 9.17) is 0 Å². The Hall–Kier alpha value is -3.92. The lowest BCUT2D eigenvalue weighted by molar-refractivity contribution is -0.118. The Morgan fingerprint density at radius 3 is 2.72 bits per heavy atom. The first-order chi connectivity index (χ1) is 15.6. The molecule has 0 aliphatic rings. The second-order valence-corrected chi connectivity index (χ2v) is 7.94. The zero-order valence-corrected chi connectivity index (χ0v) is 18.2. The molecule has 2 amide bonds. The summed E-state index contributed by atoms with van der Waals surface area (Å²) in [6, 6.07) is 15.2. The second-order valence-electron chi connectivity index (χ2n) is 7.08. The number of aromatic nitrogens is 5. The number of hydrogen-bond donors (Lipinski definition) is 2. The number of benzene rings is 2. The minimum Gasteiger partial charge on any atom is -0.356 e. The molecule has 0 fully saturated rings. The third-order valence-corrected chi connectivity index (χ3v) is 5.47. The number of anilines is 1. The number of tetrazole rings is 1. The van der Waals surface area contributed by atoms with E-state index >= 15 is 0 Å². The average Bonchev–Trinajstić information content (AvgIpc) is 3.50. The summed E-state index contributed by atoms with van der Waals surface area (Å²) < 4.78 is 1.49. The van der Waals surface area contributed by atoms with Gasteiger partial charge in [-0.05, 0) is 47.0 Å². The Bertz CT molecular complexity index is 1200. The molecule has 0 saturated carbocycles. The fraction of sp³-hybridized carbons (Fsp3) is 0.182. The molecule has 162 valence electrons. The third kappa shape index (κ3) is 5.41. The van der Waals surface area contributed by atoms with Crippen molar-refractivity contribution in [2.24, 2.45) is 0 Å². The normalized spacial score (nSPS) is 10.7. The van der Waals surface area contributed by atoms with E-state index < -0.39 is 0 Å². The molecule has 0 saturated heterocycles. The maximum Gasteiger partial charge on any atom is 0.257 e. The number of amides is 2. The Morgan fingerprint density at radius 1 is 1.12 bits per heavy atom. The summed E-state index contributed by atoms with van der Waals surface area (Å²) in [5.41, 5.74) is 4.16. The fourth-order valence-corrected chi connectivity index (χ4v) is 3.82. The van der Waals surface area contributed by atoms with Crippen LogP contribution < -0.4 is 10.6 Å². The van der Waals surface area contributed by atoms with Gasteiger partial charge in [-0.1, -0.05) is 30.3 Å². The molecule has 0 atom stereocenters. The summed E-state index contributed by atoms with van der Waals surface area (Å²) in [6.07, 6.45) is 3.25. The molecule has 2 aromatic carbocycles. The van der Waals surface area contributed by atoms with Crippen molar-refractivity contribution in [1.29, 1.82) is 0 Å². The summed E-state index contributed by atoms with van der Waals surface area (Å²) in [6.45, 7) is 2.19. The quantitative estimate of drug-likeness (QED) is 0.401. The SMILES string of the molecule is CC(=O)NCCCc1ccc(-c2csc(NC(=O)c3cccc(-n4cnnn4)c3)n2)cc1. The van der Waals surface area contributed by atoms with Gasteiger partial charge in [-0.2, -0.15) is 0 Å². The lowest BCUT2D eigenvalue weighted by atomic mass is 10.1. The van der Waals surface area contributed by atoms with Gasteiger partial charge in [0.25, 0.3) is 5.91 Å². The highest BCUT2D eigenvalue weighted by Crippen LogP contribution is 2.26. The Morgan fingerprint density at radius 2 is 1.97 bits per heavy atom. The van der Waals surface area contributed by atoms with Crippen LogP contribution in [0.2, 0.25) is 0 Å². The highest BCUT2D eigenvalue weighted by Gasteiger charge is 2.11. The van der Waals surface area contributed by atoms with Gasteiger partial charge >= 0.3 is 0 Å². The summed E-state index contributed by atoms with van der Waals surface area (Å²) in [4.78, 5) is 28.1. The molecule has 4 aromatic rings. The minimum atomic E-state index is -0.254. The summed E-state index contributed by atoms with van der Waals surface area (Å²) in [5.74, 6) is -0.262. The van der Waals surface area contributed by atoms with Crippen molar-refractivity contribution in [1.82, 2.24) is 30.5 Å². The number of nitrogens with one attached hydrogen (secondary N) is 2. The van der Waals surface area contributed by atoms with E-state index in [9.17, 15) is 9.59 Å². The molecule has 32 heavy (non-hydrogen) atoms. The number of nitrogens with zero attached hydrogens (tertiary/aromatic N) is 5. The highest BCUT2D eigenvalue weighted by molar-refractivity contribution is 7.14. The van der Waals surface area contributed by atoms with Gasteiger partial charge in [-0.3, -0.25) is 14.9 Å². The molecule has 2 aromatic heterocycles. The second kappa shape index (κ2) is 9.92. The van der Waals surface area contributed by atoms with Crippen LogP contribution in [0.25, 0.3) is 16.9 Å². The minimum absolute atomic E-state index is 0.00742. The molecule has 0 bridgehead atoms. The van der Waals surface area contributed by atoms with Crippen LogP contribution in [0.4, 0.5) is 5.13 Å². The van der Waals surface area contributed by atoms with E-state index in [1.165, 1.54) is 34.8 Å². The summed E-state index contributed by atoms with van der Waals surface area (Å²) in [5, 5.41) is 19.2. The number of hydrogen-bond acceptors (Lipinski definition) is 7. The molecular weight excluding hydrogens is 426 g/mol. The van der Waals surface area contributed by atoms with Crippen LogP contribution in [0.1, 0.15) is 29.3 Å². The zero-order chi connectivity index (χ0) is 22.3. The van der Waals surface area contributed by atoms with Gasteiger partial charge in [-0.15, -0.1) is 16.4 Å². The Kier molecular flexibility index (Phi) is 6.61. The molecule has 4 rings (SSSR count). The Balaban J connectivity index is 1.37. The van der Waals surface area contributed by atoms with Gasteiger partial charge < -0.3 is 5.32 Å². The van der Waals surface area contributed by atoms with Crippen LogP contribution in [-0.2, 0) is 11.2 Å². The van der Waals surface area contributed by atoms with E-state index in [-0.39, 0.29) is 11.8 Å². The zero-order valence-electron chi connectivity index (χ0n) is 17.4. The van der Waals surface area contributed by atoms with E-state index in [2.05, 4.69) is 43.3 Å². The highest BCUT2D eigenvalue weighted by atomic mass is 32.1. The van der Waals surface area contributed by atoms with Gasteiger partial charge in [0.1, 0.15) is 6.33 Å². The van der Waals surface area contributed by atoms with Crippen molar-refractivity contribution < 1.29 is 9.59 Å². The molecule has 0 radical (unpaired) electrons. The Labute approximate surface area is 188 Å². The van der Waals surface area contributed by atoms with Crippen LogP contribution in [0.15, 0.2) is 60.2 Å². The van der Waals surface area contributed by atoms with Gasteiger partial charge in [0.15, 0.2) is 5.13 Å². The molecule has 9 nitrogen and oxygen atoms in total. The first-order valence-corrected chi connectivity index (χ1v) is 10.9. The first-order valence-electron chi connectivity index (χ1n) is 10.0. The van der Waals surface area contributed by atoms with Crippen molar-refractivity contribution in [3.8, 4) is 16.9 Å². The third-order valence-electron chi connectivity index (χ3n) is 4.71. The molecular formula is C22H21N7O2S. The molecule has 0 spiro atoms. The maximum absolute atomic E-state index is 12.7. The van der Waals surface area contributed by atoms with Crippen LogP contribution in [0.3, 0.4) is 0 Å². The maximum atomic E-state index is 12.7. The van der Waals surface area contributed by atoms with Crippen molar-refractivity contribution in [3.63, 3.8) is 0 Å². The molecule has 0 unspecified atom stereocenters. The molecule has 0 aliphatic heterocycles. The predicted octanol–water partition coefficient (Wildman–Crippen LogP) is 3.11. The van der Waals surface area contributed by atoms with Crippen molar-refractivity contribution in [2.45, 2.75) is 19.8 Å². The van der Waals surface area contributed by atoms with E-state index in [0.29, 0.717) is 22.9 Å². The van der Waals surface area contributed by atoms with Crippen LogP contribution in [-0.4, -0.2) is 43.6 Å². The standard InChI is InChI=1S/C22H21N7O2S/c1-15(30)23-11-3-4-16-7-9-17(10-8-16)20-13-32-22(25-20)26-21(31)18-5-2-6-19(12-18)29-14-24-27-28-29/h2,5-10,12-14H,3-4,11H2,1H3,(H,23,30)(H,25,26,31). The van der Waals surface area contributed by atoms with E-state index in [0.717, 1.165) is 24.1 Å². The number of carbonyl (C=O) groups is 2. The van der Waals surface area contributed by atoms with E-state index in [1.54, 1.807) is 18.2 Å². The monoisotopic (exact) mass is 447 g/mol. The topological polar surface area (TPSA) is 115 Å². The molecule has 0 aliphatic carbocycles. The fourth-order valence-electron chi connectivity index (χ4n) is 3.10. The average molecular weight is 448 g/mol. The smallest absolute Gasteiger partial charge is 0.257 e. The molecule has 2 N–H and O–H groups in total. The van der Waals surface area contributed by atoms with Gasteiger partial charge in [0, 0.05) is 30.0 Å². The van der Waals surface area contributed by atoms with Crippen molar-refractivity contribution in [2.75, 3.05) is 11.9 Å². The van der Waals surface area contributed by atoms with Crippen molar-refractivity contribution in [3.05, 3.63) is 71.4 Å². The van der Waals surface area contributed by atoms with Crippen molar-refractivity contribution >= 4 is 28.3 Å². The van der Waals surface area contributed by atoms with Gasteiger partial charge in [0.2, 0.25) is 5.91 Å².